The number of benzene rings is 7. The molecule has 2 atom stereocenters. The first-order valence-electron chi connectivity index (χ1n) is 16.8. The molecule has 7 aromatic carbocycles. The van der Waals surface area contributed by atoms with Gasteiger partial charge in [0.05, 0.1) is 6.54 Å². The Morgan fingerprint density at radius 2 is 1.37 bits per heavy atom. The van der Waals surface area contributed by atoms with E-state index in [1.54, 1.807) is 0 Å². The summed E-state index contributed by atoms with van der Waals surface area (Å²) in [4.78, 5) is 5.15. The molecular weight excluding hydrogens is 601 g/mol. The Morgan fingerprint density at radius 3 is 2.22 bits per heavy atom. The molecule has 8 aromatic rings. The van der Waals surface area contributed by atoms with Crippen LogP contribution in [0.1, 0.15) is 40.3 Å². The third kappa shape index (κ3) is 4.55. The van der Waals surface area contributed by atoms with Crippen molar-refractivity contribution in [3.63, 3.8) is 0 Å². The van der Waals surface area contributed by atoms with E-state index in [0.717, 1.165) is 55.9 Å². The van der Waals surface area contributed by atoms with Crippen molar-refractivity contribution in [1.82, 2.24) is 16.0 Å². The fraction of sp³-hybridized carbons (Fsp3) is 0.0682. The van der Waals surface area contributed by atoms with E-state index in [4.69, 9.17) is 9.41 Å². The summed E-state index contributed by atoms with van der Waals surface area (Å²) in [7, 11) is 0. The van der Waals surface area contributed by atoms with Gasteiger partial charge in [-0.2, -0.15) is 0 Å². The van der Waals surface area contributed by atoms with Gasteiger partial charge in [0.25, 0.3) is 0 Å². The van der Waals surface area contributed by atoms with Crippen molar-refractivity contribution in [2.75, 3.05) is 0 Å². The molecule has 1 aromatic heterocycles. The van der Waals surface area contributed by atoms with Gasteiger partial charge < -0.3 is 15.1 Å². The van der Waals surface area contributed by atoms with E-state index >= 15 is 0 Å². The monoisotopic (exact) mass is 632 g/mol. The predicted molar refractivity (Wildman–Crippen MR) is 201 cm³/mol. The summed E-state index contributed by atoms with van der Waals surface area (Å²) < 4.78 is 6.86. The van der Waals surface area contributed by atoms with E-state index in [9.17, 15) is 0 Å². The standard InChI is InChI=1S/C44H32N4O/c1-3-12-28(13-4-1)42-46-43(29-14-5-2-6-15-29)48-44(47-42)36-22-21-34(41-40(36)35-23-24-45-26-38(35)49-41)37-25-30-20-19-27-11-7-8-16-31(27)39(30)33-18-10-9-17-32(33)37/h1-25,42,44-45,47H,26H2,(H,46,48). The Morgan fingerprint density at radius 1 is 0.633 bits per heavy atom. The summed E-state index contributed by atoms with van der Waals surface area (Å²) in [6.45, 7) is 0.638. The van der Waals surface area contributed by atoms with Crippen molar-refractivity contribution in [3.05, 3.63) is 174 Å². The number of nitrogens with zero attached hydrogens (tertiary/aromatic N) is 1. The largest absolute Gasteiger partial charge is 0.458 e. The quantitative estimate of drug-likeness (QED) is 0.169. The Balaban J connectivity index is 1.20. The molecule has 49 heavy (non-hydrogen) atoms. The van der Waals surface area contributed by atoms with E-state index in [2.05, 4.69) is 149 Å². The van der Waals surface area contributed by atoms with Gasteiger partial charge in [-0.3, -0.25) is 5.32 Å². The number of hydrogen-bond acceptors (Lipinski definition) is 5. The second kappa shape index (κ2) is 11.2. The Labute approximate surface area is 283 Å². The first-order valence-corrected chi connectivity index (χ1v) is 16.8. The van der Waals surface area contributed by atoms with Gasteiger partial charge >= 0.3 is 0 Å². The molecule has 5 nitrogen and oxygen atoms in total. The molecule has 2 unspecified atom stereocenters. The lowest BCUT2D eigenvalue weighted by molar-refractivity contribution is 0.411. The summed E-state index contributed by atoms with van der Waals surface area (Å²) in [5.74, 6) is 1.80. The summed E-state index contributed by atoms with van der Waals surface area (Å²) in [6, 6.07) is 49.6. The first-order chi connectivity index (χ1) is 24.3. The number of fused-ring (bicyclic) bond motifs is 8. The van der Waals surface area contributed by atoms with Crippen molar-refractivity contribution >= 4 is 55.2 Å². The predicted octanol–water partition coefficient (Wildman–Crippen LogP) is 9.97. The van der Waals surface area contributed by atoms with Crippen molar-refractivity contribution in [3.8, 4) is 11.1 Å². The van der Waals surface area contributed by atoms with Gasteiger partial charge in [-0.05, 0) is 61.8 Å². The van der Waals surface area contributed by atoms with Gasteiger partial charge in [-0.1, -0.05) is 133 Å². The third-order valence-electron chi connectivity index (χ3n) is 9.99. The number of rotatable bonds is 4. The molecule has 0 spiro atoms. The van der Waals surface area contributed by atoms with E-state index < -0.39 is 0 Å². The van der Waals surface area contributed by atoms with Crippen LogP contribution in [-0.4, -0.2) is 5.84 Å². The van der Waals surface area contributed by atoms with Crippen LogP contribution in [0.25, 0.3) is 60.5 Å². The van der Waals surface area contributed by atoms with Gasteiger partial charge in [-0.15, -0.1) is 0 Å². The Kier molecular flexibility index (Phi) is 6.39. The average Bonchev–Trinajstić information content (AvgIpc) is 3.57. The number of furan rings is 1. The van der Waals surface area contributed by atoms with Crippen molar-refractivity contribution in [2.24, 2.45) is 4.99 Å². The topological polar surface area (TPSA) is 61.6 Å². The van der Waals surface area contributed by atoms with Crippen LogP contribution in [0.4, 0.5) is 0 Å². The van der Waals surface area contributed by atoms with Crippen LogP contribution in [0.15, 0.2) is 155 Å². The number of hydrogen-bond donors (Lipinski definition) is 3. The molecule has 5 heteroatoms. The molecule has 0 saturated carbocycles. The van der Waals surface area contributed by atoms with E-state index in [1.807, 2.05) is 18.3 Å². The minimum atomic E-state index is -0.225. The maximum atomic E-state index is 6.86. The van der Waals surface area contributed by atoms with Gasteiger partial charge in [-0.25, -0.2) is 4.99 Å². The minimum Gasteiger partial charge on any atom is -0.458 e. The van der Waals surface area contributed by atoms with Crippen molar-refractivity contribution in [2.45, 2.75) is 18.9 Å². The van der Waals surface area contributed by atoms with Gasteiger partial charge in [0, 0.05) is 27.6 Å². The fourth-order valence-corrected chi connectivity index (χ4v) is 7.72. The first kappa shape index (κ1) is 27.9. The second-order valence-electron chi connectivity index (χ2n) is 12.8. The van der Waals surface area contributed by atoms with Gasteiger partial charge in [0.1, 0.15) is 29.5 Å². The highest BCUT2D eigenvalue weighted by Gasteiger charge is 2.30. The SMILES string of the molecule is C1=Cc2c(oc3c(-c4cc5ccc6ccccc6c5c5ccccc45)ccc(C4NC(c5ccccc5)=NC(c5ccccc5)N4)c23)CN1. The Hall–Kier alpha value is -6.17. The second-order valence-corrected chi connectivity index (χ2v) is 12.8. The summed E-state index contributed by atoms with van der Waals surface area (Å²) in [5, 5.41) is 19.5. The molecule has 0 radical (unpaired) electrons. The lowest BCUT2D eigenvalue weighted by Gasteiger charge is -2.32. The van der Waals surface area contributed by atoms with Crippen LogP contribution in [0.5, 0.6) is 0 Å². The summed E-state index contributed by atoms with van der Waals surface area (Å²) in [5.41, 5.74) is 7.54. The molecule has 3 heterocycles. The van der Waals surface area contributed by atoms with Crippen LogP contribution < -0.4 is 16.0 Å². The molecule has 3 N–H and O–H groups in total. The number of aliphatic imine (C=N–C) groups is 1. The number of nitrogens with one attached hydrogen (secondary N) is 3. The molecule has 0 aliphatic carbocycles. The number of amidine groups is 1. The molecule has 2 aliphatic heterocycles. The lowest BCUT2D eigenvalue weighted by atomic mass is 9.89. The molecule has 0 fully saturated rings. The van der Waals surface area contributed by atoms with Crippen LogP contribution in [-0.2, 0) is 6.54 Å². The van der Waals surface area contributed by atoms with Crippen LogP contribution in [0.2, 0.25) is 0 Å². The highest BCUT2D eigenvalue weighted by Crippen LogP contribution is 2.44. The minimum absolute atomic E-state index is 0.223. The molecule has 0 amide bonds. The average molecular weight is 633 g/mol. The van der Waals surface area contributed by atoms with E-state index in [-0.39, 0.29) is 12.3 Å². The van der Waals surface area contributed by atoms with Gasteiger partial charge in [0.2, 0.25) is 0 Å². The van der Waals surface area contributed by atoms with Crippen molar-refractivity contribution in [1.29, 1.82) is 0 Å². The lowest BCUT2D eigenvalue weighted by Crippen LogP contribution is -2.45. The molecule has 0 bridgehead atoms. The molecule has 2 aliphatic rings. The summed E-state index contributed by atoms with van der Waals surface area (Å²) in [6.07, 6.45) is 3.72. The molecular formula is C44H32N4O. The molecule has 234 valence electrons. The highest BCUT2D eigenvalue weighted by atomic mass is 16.3. The zero-order valence-corrected chi connectivity index (χ0v) is 26.7. The zero-order valence-electron chi connectivity index (χ0n) is 26.7. The third-order valence-corrected chi connectivity index (χ3v) is 9.99. The molecule has 0 saturated heterocycles. The zero-order chi connectivity index (χ0) is 32.3. The normalized spacial score (nSPS) is 17.2. The van der Waals surface area contributed by atoms with Crippen LogP contribution in [0, 0.1) is 0 Å². The fourth-order valence-electron chi connectivity index (χ4n) is 7.72. The van der Waals surface area contributed by atoms with E-state index in [0.29, 0.717) is 6.54 Å². The van der Waals surface area contributed by atoms with Gasteiger partial charge in [0.15, 0.2) is 0 Å². The summed E-state index contributed by atoms with van der Waals surface area (Å²) >= 11 is 0. The maximum absolute atomic E-state index is 6.86. The highest BCUT2D eigenvalue weighted by molar-refractivity contribution is 6.24. The smallest absolute Gasteiger partial charge is 0.143 e. The van der Waals surface area contributed by atoms with E-state index in [1.165, 1.54) is 32.3 Å². The Bertz CT molecular complexity index is 2620. The maximum Gasteiger partial charge on any atom is 0.143 e. The van der Waals surface area contributed by atoms with Crippen molar-refractivity contribution < 1.29 is 4.42 Å². The molecule has 10 rings (SSSR count). The van der Waals surface area contributed by atoms with Crippen LogP contribution >= 0.6 is 0 Å². The van der Waals surface area contributed by atoms with Crippen LogP contribution in [0.3, 0.4) is 0 Å².